The van der Waals surface area contributed by atoms with E-state index in [1.165, 1.54) is 0 Å². The van der Waals surface area contributed by atoms with Gasteiger partial charge in [0.1, 0.15) is 0 Å². The molecule has 1 N–H and O–H groups in total. The van der Waals surface area contributed by atoms with E-state index in [2.05, 4.69) is 4.98 Å². The molecule has 0 bridgehead atoms. The molecule has 0 radical (unpaired) electrons. The predicted molar refractivity (Wildman–Crippen MR) is 20.8 cm³/mol. The van der Waals surface area contributed by atoms with Crippen LogP contribution in [-0.2, 0) is 42.1 Å². The second-order valence-corrected chi connectivity index (χ2v) is 0.885. The third-order valence-electron chi connectivity index (χ3n) is 0.496. The van der Waals surface area contributed by atoms with Gasteiger partial charge >= 0.3 is 0 Å². The molecule has 0 saturated heterocycles. The van der Waals surface area contributed by atoms with Gasteiger partial charge in [0.15, 0.2) is 0 Å². The normalized spacial score (nSPS) is 5.71. The average molecular weight is 435 g/mol. The fraction of sp³-hybridized carbons (Fsp3) is 0. The van der Waals surface area contributed by atoms with Crippen molar-refractivity contribution < 1.29 is 42.1 Å². The number of aromatic amines is 1. The Balaban J connectivity index is 0. The number of hydrogen-bond donors (Lipinski definition) is 1. The van der Waals surface area contributed by atoms with Crippen molar-refractivity contribution in [3.05, 3.63) is 24.5 Å². The summed E-state index contributed by atoms with van der Waals surface area (Å²) in [5.41, 5.74) is 0. The Morgan fingerprint density at radius 3 is 1.43 bits per heavy atom. The number of nitrogens with one attached hydrogen (secondary N) is 1. The van der Waals surface area contributed by atoms with Crippen molar-refractivity contribution in [1.82, 2.24) is 4.98 Å². The first-order chi connectivity index (χ1) is 2.50. The van der Waals surface area contributed by atoms with Crippen LogP contribution in [0.2, 0.25) is 0 Å². The zero-order chi connectivity index (χ0) is 3.54. The van der Waals surface area contributed by atoms with Crippen LogP contribution in [0.1, 0.15) is 0 Å². The van der Waals surface area contributed by atoms with Crippen molar-refractivity contribution in [2.45, 2.75) is 0 Å². The largest absolute Gasteiger partial charge is 0.368 e. The van der Waals surface area contributed by atoms with Crippen LogP contribution >= 0.6 is 0 Å². The number of rotatable bonds is 0. The summed E-state index contributed by atoms with van der Waals surface area (Å²) in [6.07, 6.45) is 3.75. The van der Waals surface area contributed by atoms with Crippen LogP contribution in [0.4, 0.5) is 0 Å². The molecule has 1 aromatic rings. The molecule has 1 heterocycles. The minimum Gasteiger partial charge on any atom is -0.368 e. The van der Waals surface area contributed by atoms with Gasteiger partial charge in [0.05, 0.1) is 0 Å². The topological polar surface area (TPSA) is 15.8 Å². The minimum absolute atomic E-state index is 0. The molecular formula is C4H5NW2. The second kappa shape index (κ2) is 6.66. The summed E-state index contributed by atoms with van der Waals surface area (Å²) in [5.74, 6) is 0. The smallest absolute Gasteiger partial charge is 0.000496 e. The maximum absolute atomic E-state index is 2.86. The van der Waals surface area contributed by atoms with E-state index in [4.69, 9.17) is 0 Å². The van der Waals surface area contributed by atoms with E-state index in [-0.39, 0.29) is 42.1 Å². The zero-order valence-electron chi connectivity index (χ0n) is 3.63. The molecule has 38 valence electrons. The number of aromatic nitrogens is 1. The van der Waals surface area contributed by atoms with E-state index in [0.29, 0.717) is 0 Å². The first kappa shape index (κ1) is 10.6. The summed E-state index contributed by atoms with van der Waals surface area (Å²) in [4.78, 5) is 2.86. The Kier molecular flexibility index (Phi) is 10.1. The monoisotopic (exact) mass is 435 g/mol. The fourth-order valence-corrected chi connectivity index (χ4v) is 0.278. The van der Waals surface area contributed by atoms with Crippen molar-refractivity contribution in [2.75, 3.05) is 0 Å². The zero-order valence-corrected chi connectivity index (χ0v) is 9.49. The Hall–Kier alpha value is 0.657. The van der Waals surface area contributed by atoms with Gasteiger partial charge in [0.2, 0.25) is 0 Å². The molecule has 0 unspecified atom stereocenters. The van der Waals surface area contributed by atoms with E-state index in [9.17, 15) is 0 Å². The van der Waals surface area contributed by atoms with Crippen LogP contribution in [-0.4, -0.2) is 4.98 Å². The summed E-state index contributed by atoms with van der Waals surface area (Å²) in [7, 11) is 0. The molecule has 1 nitrogen and oxygen atoms in total. The third kappa shape index (κ3) is 4.51. The summed E-state index contributed by atoms with van der Waals surface area (Å²) in [5, 5.41) is 0. The number of hydrogen-bond acceptors (Lipinski definition) is 0. The Morgan fingerprint density at radius 2 is 1.29 bits per heavy atom. The van der Waals surface area contributed by atoms with Crippen LogP contribution < -0.4 is 0 Å². The molecule has 0 saturated carbocycles. The van der Waals surface area contributed by atoms with Gasteiger partial charge in [-0.15, -0.1) is 0 Å². The van der Waals surface area contributed by atoms with Crippen molar-refractivity contribution in [2.24, 2.45) is 0 Å². The molecule has 0 amide bonds. The van der Waals surface area contributed by atoms with E-state index >= 15 is 0 Å². The number of H-pyrrole nitrogens is 1. The molecule has 0 aliphatic heterocycles. The molecule has 0 aliphatic rings. The standard InChI is InChI=1S/C4H5N.2W/c1-2-4-5-3-1;;/h1-5H;;. The van der Waals surface area contributed by atoms with Gasteiger partial charge in [-0.05, 0) is 12.1 Å². The maximum Gasteiger partial charge on any atom is 0.000496 e. The van der Waals surface area contributed by atoms with Crippen molar-refractivity contribution in [3.8, 4) is 0 Å². The molecule has 1 aromatic heterocycles. The van der Waals surface area contributed by atoms with Gasteiger partial charge < -0.3 is 4.98 Å². The van der Waals surface area contributed by atoms with E-state index in [1.54, 1.807) is 0 Å². The van der Waals surface area contributed by atoms with E-state index in [0.717, 1.165) is 0 Å². The van der Waals surface area contributed by atoms with Crippen molar-refractivity contribution in [3.63, 3.8) is 0 Å². The van der Waals surface area contributed by atoms with Gasteiger partial charge in [-0.2, -0.15) is 0 Å². The average Bonchev–Trinajstić information content (AvgIpc) is 1.76. The van der Waals surface area contributed by atoms with Crippen molar-refractivity contribution >= 4 is 0 Å². The van der Waals surface area contributed by atoms with Crippen LogP contribution in [0.15, 0.2) is 24.5 Å². The van der Waals surface area contributed by atoms with E-state index in [1.807, 2.05) is 24.5 Å². The quantitative estimate of drug-likeness (QED) is 0.627. The van der Waals surface area contributed by atoms with E-state index < -0.39 is 0 Å². The molecule has 7 heavy (non-hydrogen) atoms. The fourth-order valence-electron chi connectivity index (χ4n) is 0.278. The minimum atomic E-state index is 0. The molecular weight excluding hydrogens is 430 g/mol. The summed E-state index contributed by atoms with van der Waals surface area (Å²) >= 11 is 0. The van der Waals surface area contributed by atoms with Gasteiger partial charge in [-0.1, -0.05) is 0 Å². The molecule has 0 fully saturated rings. The van der Waals surface area contributed by atoms with Crippen LogP contribution in [0.25, 0.3) is 0 Å². The summed E-state index contributed by atoms with van der Waals surface area (Å²) < 4.78 is 0. The summed E-state index contributed by atoms with van der Waals surface area (Å²) in [6.45, 7) is 0. The Bertz CT molecular complexity index is 66.2. The van der Waals surface area contributed by atoms with Crippen LogP contribution in [0.5, 0.6) is 0 Å². The second-order valence-electron chi connectivity index (χ2n) is 0.885. The van der Waals surface area contributed by atoms with Crippen LogP contribution in [0, 0.1) is 0 Å². The summed E-state index contributed by atoms with van der Waals surface area (Å²) in [6, 6.07) is 3.89. The first-order valence-corrected chi connectivity index (χ1v) is 1.58. The molecule has 1 rings (SSSR count). The molecule has 3 heteroatoms. The Morgan fingerprint density at radius 1 is 0.857 bits per heavy atom. The van der Waals surface area contributed by atoms with Gasteiger partial charge in [-0.3, -0.25) is 0 Å². The maximum atomic E-state index is 2.86. The third-order valence-corrected chi connectivity index (χ3v) is 0.496. The molecule has 0 aliphatic carbocycles. The SMILES string of the molecule is [W].[W].c1cc[nH]c1. The van der Waals surface area contributed by atoms with Crippen LogP contribution in [0.3, 0.4) is 0 Å². The Labute approximate surface area is 71.4 Å². The van der Waals surface area contributed by atoms with Crippen molar-refractivity contribution in [1.29, 1.82) is 0 Å². The van der Waals surface area contributed by atoms with Gasteiger partial charge in [-0.25, -0.2) is 0 Å². The molecule has 0 aromatic carbocycles. The first-order valence-electron chi connectivity index (χ1n) is 1.58. The van der Waals surface area contributed by atoms with Gasteiger partial charge in [0, 0.05) is 54.5 Å². The van der Waals surface area contributed by atoms with Gasteiger partial charge in [0.25, 0.3) is 0 Å². The predicted octanol–water partition coefficient (Wildman–Crippen LogP) is 1.01. The molecule has 0 atom stereocenters. The molecule has 0 spiro atoms.